The lowest BCUT2D eigenvalue weighted by molar-refractivity contribution is 0.298. The average Bonchev–Trinajstić information content (AvgIpc) is 2.78. The van der Waals surface area contributed by atoms with Crippen LogP contribution >= 0.6 is 0 Å². The number of nitrogens with zero attached hydrogens (tertiary/aromatic N) is 2. The molecule has 1 fully saturated rings. The van der Waals surface area contributed by atoms with Crippen molar-refractivity contribution in [1.29, 1.82) is 0 Å². The molecule has 1 aromatic heterocycles. The third-order valence-electron chi connectivity index (χ3n) is 3.57. The molecule has 0 aliphatic heterocycles. The molecule has 2 unspecified atom stereocenters. The Hall–Kier alpha value is -0.900. The lowest BCUT2D eigenvalue weighted by Crippen LogP contribution is -2.14. The molecule has 1 heterocycles. The van der Waals surface area contributed by atoms with E-state index >= 15 is 0 Å². The summed E-state index contributed by atoms with van der Waals surface area (Å²) in [5.74, 6) is 2.95. The van der Waals surface area contributed by atoms with E-state index in [-0.39, 0.29) is 0 Å². The van der Waals surface area contributed by atoms with E-state index < -0.39 is 0 Å². The molecule has 2 rings (SSSR count). The number of aromatic nitrogens is 2. The number of hydrogen-bond donors (Lipinski definition) is 1. The summed E-state index contributed by atoms with van der Waals surface area (Å²) in [5.41, 5.74) is 5.46. The van der Waals surface area contributed by atoms with Gasteiger partial charge in [0.15, 0.2) is 5.82 Å². The highest BCUT2D eigenvalue weighted by atomic mass is 16.5. The molecule has 2 N–H and O–H groups in total. The third-order valence-corrected chi connectivity index (χ3v) is 3.57. The van der Waals surface area contributed by atoms with E-state index in [0.717, 1.165) is 11.7 Å². The molecule has 2 atom stereocenters. The molecule has 1 aromatic rings. The van der Waals surface area contributed by atoms with Crippen molar-refractivity contribution in [2.45, 2.75) is 51.4 Å². The minimum atomic E-state index is 0.508. The summed E-state index contributed by atoms with van der Waals surface area (Å²) in [5, 5.41) is 4.09. The molecular formula is C12H21N3O. The van der Waals surface area contributed by atoms with Crippen LogP contribution in [-0.2, 0) is 6.42 Å². The van der Waals surface area contributed by atoms with Crippen LogP contribution in [0.1, 0.15) is 56.7 Å². The maximum absolute atomic E-state index is 5.46. The van der Waals surface area contributed by atoms with Gasteiger partial charge in [-0.25, -0.2) is 0 Å². The van der Waals surface area contributed by atoms with E-state index in [1.807, 2.05) is 0 Å². The monoisotopic (exact) mass is 223 g/mol. The lowest BCUT2D eigenvalue weighted by atomic mass is 9.80. The minimum absolute atomic E-state index is 0.508. The van der Waals surface area contributed by atoms with Crippen LogP contribution in [0.25, 0.3) is 0 Å². The Balaban J connectivity index is 1.99. The van der Waals surface area contributed by atoms with Crippen LogP contribution in [0.3, 0.4) is 0 Å². The second-order valence-electron chi connectivity index (χ2n) is 4.72. The van der Waals surface area contributed by atoms with Crippen LogP contribution in [0.15, 0.2) is 4.52 Å². The first-order valence-electron chi connectivity index (χ1n) is 6.36. The fraction of sp³-hybridized carbons (Fsp3) is 0.833. The van der Waals surface area contributed by atoms with Gasteiger partial charge >= 0.3 is 0 Å². The Morgan fingerprint density at radius 2 is 2.31 bits per heavy atom. The second kappa shape index (κ2) is 5.43. The van der Waals surface area contributed by atoms with E-state index in [2.05, 4.69) is 17.1 Å². The molecule has 0 saturated heterocycles. The van der Waals surface area contributed by atoms with Gasteiger partial charge in [-0.2, -0.15) is 4.98 Å². The minimum Gasteiger partial charge on any atom is -0.339 e. The van der Waals surface area contributed by atoms with Crippen molar-refractivity contribution >= 4 is 0 Å². The van der Waals surface area contributed by atoms with Crippen molar-refractivity contribution in [3.63, 3.8) is 0 Å². The average molecular weight is 223 g/mol. The molecule has 4 heteroatoms. The van der Waals surface area contributed by atoms with Crippen molar-refractivity contribution in [1.82, 2.24) is 10.1 Å². The van der Waals surface area contributed by atoms with Crippen molar-refractivity contribution in [3.8, 4) is 0 Å². The molecule has 0 radical (unpaired) electrons. The number of hydrogen-bond acceptors (Lipinski definition) is 4. The summed E-state index contributed by atoms with van der Waals surface area (Å²) in [6.07, 6.45) is 7.04. The van der Waals surface area contributed by atoms with Gasteiger partial charge in [0.25, 0.3) is 0 Å². The standard InChI is InChI=1S/C12H21N3O/c1-2-9-4-3-5-10(8-9)12-14-11(6-7-13)16-15-12/h9-10H,2-8,13H2,1H3. The molecular weight excluding hydrogens is 202 g/mol. The molecule has 16 heavy (non-hydrogen) atoms. The lowest BCUT2D eigenvalue weighted by Gasteiger charge is -2.26. The van der Waals surface area contributed by atoms with Gasteiger partial charge in [0.2, 0.25) is 5.89 Å². The first-order valence-corrected chi connectivity index (χ1v) is 6.36. The van der Waals surface area contributed by atoms with Crippen molar-refractivity contribution in [2.75, 3.05) is 6.54 Å². The van der Waals surface area contributed by atoms with Crippen LogP contribution < -0.4 is 5.73 Å². The molecule has 1 aliphatic carbocycles. The van der Waals surface area contributed by atoms with Crippen molar-refractivity contribution in [3.05, 3.63) is 11.7 Å². The zero-order valence-corrected chi connectivity index (χ0v) is 9.98. The maximum Gasteiger partial charge on any atom is 0.227 e. The summed E-state index contributed by atoms with van der Waals surface area (Å²) in [6.45, 7) is 2.84. The predicted octanol–water partition coefficient (Wildman–Crippen LogP) is 2.25. The van der Waals surface area contributed by atoms with E-state index in [9.17, 15) is 0 Å². The van der Waals surface area contributed by atoms with Gasteiger partial charge in [-0.15, -0.1) is 0 Å². The highest BCUT2D eigenvalue weighted by molar-refractivity contribution is 4.98. The van der Waals surface area contributed by atoms with Crippen LogP contribution in [-0.4, -0.2) is 16.7 Å². The Labute approximate surface area is 96.6 Å². The van der Waals surface area contributed by atoms with E-state index in [0.29, 0.717) is 24.8 Å². The Morgan fingerprint density at radius 3 is 3.06 bits per heavy atom. The van der Waals surface area contributed by atoms with E-state index in [1.54, 1.807) is 0 Å². The first-order chi connectivity index (χ1) is 7.83. The summed E-state index contributed by atoms with van der Waals surface area (Å²) >= 11 is 0. The van der Waals surface area contributed by atoms with Crippen molar-refractivity contribution in [2.24, 2.45) is 11.7 Å². The normalized spacial score (nSPS) is 25.9. The van der Waals surface area contributed by atoms with Gasteiger partial charge in [0.1, 0.15) is 0 Å². The Morgan fingerprint density at radius 1 is 1.44 bits per heavy atom. The molecule has 90 valence electrons. The van der Waals surface area contributed by atoms with Crippen molar-refractivity contribution < 1.29 is 4.52 Å². The Bertz CT molecular complexity index is 324. The second-order valence-corrected chi connectivity index (χ2v) is 4.72. The van der Waals surface area contributed by atoms with Gasteiger partial charge in [0, 0.05) is 18.9 Å². The van der Waals surface area contributed by atoms with Gasteiger partial charge in [-0.3, -0.25) is 0 Å². The molecule has 0 amide bonds. The van der Waals surface area contributed by atoms with Gasteiger partial charge in [0.05, 0.1) is 0 Å². The van der Waals surface area contributed by atoms with Crippen LogP contribution in [0.2, 0.25) is 0 Å². The molecule has 0 spiro atoms. The predicted molar refractivity (Wildman–Crippen MR) is 62.0 cm³/mol. The third kappa shape index (κ3) is 2.61. The summed E-state index contributed by atoms with van der Waals surface area (Å²) in [4.78, 5) is 4.43. The first kappa shape index (κ1) is 11.6. The molecule has 0 bridgehead atoms. The van der Waals surface area contributed by atoms with E-state index in [4.69, 9.17) is 10.3 Å². The SMILES string of the molecule is CCC1CCCC(c2noc(CCN)n2)C1. The van der Waals surface area contributed by atoms with Gasteiger partial charge in [-0.05, 0) is 18.8 Å². The highest BCUT2D eigenvalue weighted by Crippen LogP contribution is 2.36. The summed E-state index contributed by atoms with van der Waals surface area (Å²) in [6, 6.07) is 0. The molecule has 0 aromatic carbocycles. The number of nitrogens with two attached hydrogens (primary N) is 1. The summed E-state index contributed by atoms with van der Waals surface area (Å²) in [7, 11) is 0. The quantitative estimate of drug-likeness (QED) is 0.850. The topological polar surface area (TPSA) is 64.9 Å². The molecule has 1 saturated carbocycles. The van der Waals surface area contributed by atoms with Crippen LogP contribution in [0, 0.1) is 5.92 Å². The zero-order valence-electron chi connectivity index (χ0n) is 9.98. The van der Waals surface area contributed by atoms with Gasteiger partial charge in [-0.1, -0.05) is 31.3 Å². The largest absolute Gasteiger partial charge is 0.339 e. The number of rotatable bonds is 4. The Kier molecular flexibility index (Phi) is 3.93. The summed E-state index contributed by atoms with van der Waals surface area (Å²) < 4.78 is 5.19. The maximum atomic E-state index is 5.46. The highest BCUT2D eigenvalue weighted by Gasteiger charge is 2.25. The molecule has 1 aliphatic rings. The molecule has 4 nitrogen and oxygen atoms in total. The smallest absolute Gasteiger partial charge is 0.227 e. The van der Waals surface area contributed by atoms with Crippen LogP contribution in [0.5, 0.6) is 0 Å². The van der Waals surface area contributed by atoms with Gasteiger partial charge < -0.3 is 10.3 Å². The van der Waals surface area contributed by atoms with E-state index in [1.165, 1.54) is 32.1 Å². The van der Waals surface area contributed by atoms with Crippen LogP contribution in [0.4, 0.5) is 0 Å². The fourth-order valence-corrected chi connectivity index (χ4v) is 2.56. The fourth-order valence-electron chi connectivity index (χ4n) is 2.56. The zero-order chi connectivity index (χ0) is 11.4.